The number of aryl methyl sites for hydroxylation is 2. The number of ether oxygens (including phenoxy) is 3. The van der Waals surface area contributed by atoms with Gasteiger partial charge in [0.15, 0.2) is 11.6 Å². The van der Waals surface area contributed by atoms with Gasteiger partial charge in [0.2, 0.25) is 0 Å². The normalized spacial score (nSPS) is 16.5. The molecule has 0 saturated carbocycles. The van der Waals surface area contributed by atoms with Crippen molar-refractivity contribution in [1.29, 1.82) is 0 Å². The van der Waals surface area contributed by atoms with Crippen LogP contribution in [0.15, 0.2) is 36.4 Å². The summed E-state index contributed by atoms with van der Waals surface area (Å²) in [6.45, 7) is 18.9. The van der Waals surface area contributed by atoms with Crippen molar-refractivity contribution in [1.82, 2.24) is 44.5 Å². The number of benzene rings is 2. The van der Waals surface area contributed by atoms with Gasteiger partial charge >= 0.3 is 12.1 Å². The predicted octanol–water partition coefficient (Wildman–Crippen LogP) is 8.34. The zero-order valence-corrected chi connectivity index (χ0v) is 42.5. The Balaban J connectivity index is 0.000000230. The molecule has 0 aliphatic carbocycles. The third-order valence-electron chi connectivity index (χ3n) is 13.3. The summed E-state index contributed by atoms with van der Waals surface area (Å²) in [4.78, 5) is 37.2. The number of urea groups is 1. The Labute approximate surface area is 394 Å². The molecular formula is C50H79N11O5. The summed E-state index contributed by atoms with van der Waals surface area (Å²) < 4.78 is 20.6. The lowest BCUT2D eigenvalue weighted by Crippen LogP contribution is -2.42. The number of amides is 3. The minimum atomic E-state index is -0.289. The van der Waals surface area contributed by atoms with Crippen molar-refractivity contribution < 1.29 is 23.8 Å². The van der Waals surface area contributed by atoms with Gasteiger partial charge in [-0.3, -0.25) is 9.36 Å². The van der Waals surface area contributed by atoms with Gasteiger partial charge in [-0.1, -0.05) is 39.8 Å². The molecule has 0 spiro atoms. The van der Waals surface area contributed by atoms with E-state index in [0.29, 0.717) is 38.3 Å². The molecule has 0 bridgehead atoms. The number of likely N-dealkylation sites (tertiary alicyclic amines) is 2. The molecule has 3 amide bonds. The van der Waals surface area contributed by atoms with Crippen molar-refractivity contribution >= 4 is 35.1 Å². The first-order valence-corrected chi connectivity index (χ1v) is 24.0. The monoisotopic (exact) mass is 914 g/mol. The van der Waals surface area contributed by atoms with E-state index in [1.165, 1.54) is 18.5 Å². The molecule has 0 atom stereocenters. The van der Waals surface area contributed by atoms with E-state index in [9.17, 15) is 9.59 Å². The Kier molecular flexibility index (Phi) is 18.6. The zero-order chi connectivity index (χ0) is 48.2. The molecule has 4 aliphatic rings. The van der Waals surface area contributed by atoms with Crippen molar-refractivity contribution in [2.45, 2.75) is 105 Å². The fourth-order valence-corrected chi connectivity index (χ4v) is 9.37. The zero-order valence-electron chi connectivity index (χ0n) is 42.5. The van der Waals surface area contributed by atoms with E-state index in [-0.39, 0.29) is 12.1 Å². The largest absolute Gasteiger partial charge is 0.496 e. The average Bonchev–Trinajstić information content (AvgIpc) is 3.94. The molecule has 2 aromatic heterocycles. The molecule has 0 radical (unpaired) electrons. The summed E-state index contributed by atoms with van der Waals surface area (Å²) in [5.74, 6) is 3.53. The average molecular weight is 914 g/mol. The summed E-state index contributed by atoms with van der Waals surface area (Å²) in [6.07, 6.45) is 5.71. The molecular weight excluding hydrogens is 835 g/mol. The maximum Gasteiger partial charge on any atom is 0.409 e. The Hall–Kier alpha value is -5.48. The first-order chi connectivity index (χ1) is 31.8. The summed E-state index contributed by atoms with van der Waals surface area (Å²) in [6, 6.07) is 13.2. The number of aromatic nitrogens is 4. The summed E-state index contributed by atoms with van der Waals surface area (Å²) in [7, 11) is 14.9. The van der Waals surface area contributed by atoms with Gasteiger partial charge < -0.3 is 48.9 Å². The van der Waals surface area contributed by atoms with Gasteiger partial charge in [0.05, 0.1) is 46.5 Å². The quantitative estimate of drug-likeness (QED) is 0.183. The van der Waals surface area contributed by atoms with Crippen LogP contribution in [0.25, 0.3) is 0 Å². The Morgan fingerprint density at radius 2 is 1.03 bits per heavy atom. The number of hydrogen-bond acceptors (Lipinski definition) is 11. The summed E-state index contributed by atoms with van der Waals surface area (Å²) >= 11 is 0. The maximum absolute atomic E-state index is 12.3. The third-order valence-corrected chi connectivity index (χ3v) is 13.3. The molecule has 2 saturated heterocycles. The van der Waals surface area contributed by atoms with Crippen molar-refractivity contribution in [2.24, 2.45) is 0 Å². The second-order valence-corrected chi connectivity index (χ2v) is 17.2. The topological polar surface area (TPSA) is 129 Å². The van der Waals surface area contributed by atoms with Crippen LogP contribution >= 0.6 is 0 Å². The van der Waals surface area contributed by atoms with E-state index in [2.05, 4.69) is 78.7 Å². The molecule has 1 N–H and O–H groups in total. The molecule has 6 heterocycles. The van der Waals surface area contributed by atoms with Gasteiger partial charge in [-0.15, -0.1) is 0 Å². The van der Waals surface area contributed by atoms with Crippen LogP contribution in [0.1, 0.15) is 99.1 Å². The van der Waals surface area contributed by atoms with E-state index in [1.807, 2.05) is 66.6 Å². The van der Waals surface area contributed by atoms with Crippen molar-refractivity contribution in [3.05, 3.63) is 70.0 Å². The Morgan fingerprint density at radius 1 is 0.636 bits per heavy atom. The molecule has 16 nitrogen and oxygen atoms in total. The lowest BCUT2D eigenvalue weighted by Gasteiger charge is -2.32. The van der Waals surface area contributed by atoms with E-state index in [4.69, 9.17) is 24.4 Å². The maximum atomic E-state index is 12.3. The molecule has 4 aliphatic heterocycles. The highest BCUT2D eigenvalue weighted by Gasteiger charge is 2.34. The fourth-order valence-electron chi connectivity index (χ4n) is 9.37. The van der Waals surface area contributed by atoms with E-state index in [1.54, 1.807) is 26.2 Å². The van der Waals surface area contributed by atoms with Gasteiger partial charge in [0.1, 0.15) is 11.5 Å². The van der Waals surface area contributed by atoms with Crippen molar-refractivity contribution in [2.75, 3.05) is 106 Å². The number of carbonyl (C=O) groups excluding carboxylic acids is 2. The molecule has 4 aromatic rings. The highest BCUT2D eigenvalue weighted by atomic mass is 16.5. The minimum Gasteiger partial charge on any atom is -0.496 e. The lowest BCUT2D eigenvalue weighted by molar-refractivity contribution is 0.118. The minimum absolute atomic E-state index is 0.0386. The van der Waals surface area contributed by atoms with Crippen LogP contribution in [-0.2, 0) is 30.7 Å². The van der Waals surface area contributed by atoms with Crippen LogP contribution < -0.4 is 24.6 Å². The molecule has 0 unspecified atom stereocenters. The van der Waals surface area contributed by atoms with Crippen LogP contribution in [0.2, 0.25) is 0 Å². The van der Waals surface area contributed by atoms with Crippen LogP contribution in [0, 0.1) is 13.8 Å². The van der Waals surface area contributed by atoms with Gasteiger partial charge in [0, 0.05) is 93.1 Å². The van der Waals surface area contributed by atoms with Gasteiger partial charge in [-0.05, 0) is 103 Å². The highest BCUT2D eigenvalue weighted by molar-refractivity contribution is 5.75. The van der Waals surface area contributed by atoms with Gasteiger partial charge in [0.25, 0.3) is 0 Å². The second-order valence-electron chi connectivity index (χ2n) is 17.2. The number of carbonyl (C=O) groups is 2. The summed E-state index contributed by atoms with van der Waals surface area (Å²) in [5, 5.41) is 13.0. The first-order valence-electron chi connectivity index (χ1n) is 24.0. The number of hydrogen-bond donors (Lipinski definition) is 1. The highest BCUT2D eigenvalue weighted by Crippen LogP contribution is 2.39. The number of rotatable bonds is 8. The standard InChI is InChI=1S/C23H34N6O2.C23H33N5O3.2C2H6/c1-16-6-7-18(14-21(16)31-5)27(4)22-19-15-28(23(30)24-2)13-10-20(19)29(25-22)17-8-11-26(3)12-9-17;1-16-6-7-18(14-21(16)30-4)26(3)22-19-15-27(23(29)31-5)13-10-20(19)28(24-22)17-8-11-25(2)12-9-17;2*1-2/h6-7,14,17H,8-13,15H2,1-5H3,(H,24,30);6-7,14,17H,8-13,15H2,1-5H3;2*1-2H3. The number of nitrogens with zero attached hydrogens (tertiary/aromatic N) is 10. The lowest BCUT2D eigenvalue weighted by atomic mass is 10.0. The van der Waals surface area contributed by atoms with Crippen LogP contribution in [0.5, 0.6) is 11.5 Å². The Morgan fingerprint density at radius 3 is 1.41 bits per heavy atom. The number of fused-ring (bicyclic) bond motifs is 2. The molecule has 8 rings (SSSR count). The van der Waals surface area contributed by atoms with Crippen molar-refractivity contribution in [3.8, 4) is 11.5 Å². The number of nitrogens with one attached hydrogen (secondary N) is 1. The molecule has 2 aromatic carbocycles. The van der Waals surface area contributed by atoms with E-state index >= 15 is 0 Å². The first kappa shape index (κ1) is 51.5. The fraction of sp³-hybridized carbons (Fsp3) is 0.600. The van der Waals surface area contributed by atoms with Crippen molar-refractivity contribution in [3.63, 3.8) is 0 Å². The second kappa shape index (κ2) is 23.8. The van der Waals surface area contributed by atoms with Crippen LogP contribution in [0.4, 0.5) is 32.6 Å². The molecule has 364 valence electrons. The smallest absolute Gasteiger partial charge is 0.409 e. The van der Waals surface area contributed by atoms with Gasteiger partial charge in [-0.25, -0.2) is 9.59 Å². The Bertz CT molecular complexity index is 2050. The summed E-state index contributed by atoms with van der Waals surface area (Å²) in [5.41, 5.74) is 9.00. The number of piperidine rings is 2. The van der Waals surface area contributed by atoms with Gasteiger partial charge in [-0.2, -0.15) is 10.2 Å². The SMILES string of the molecule is CC.CC.CNC(=O)N1CCc2c(c(N(C)c3ccc(C)c(OC)c3)nn2C2CCN(C)CC2)C1.COC(=O)N1CCc2c(c(N(C)c3ccc(C)c(OC)c3)nn2C2CCN(C)CC2)C1. The molecule has 16 heteroatoms. The molecule has 2 fully saturated rings. The number of methoxy groups -OCH3 is 3. The van der Waals surface area contributed by atoms with Crippen LogP contribution in [-0.4, -0.2) is 147 Å². The predicted molar refractivity (Wildman–Crippen MR) is 265 cm³/mol. The molecule has 66 heavy (non-hydrogen) atoms. The third kappa shape index (κ3) is 11.4. The van der Waals surface area contributed by atoms with E-state index < -0.39 is 0 Å². The number of anilines is 4. The van der Waals surface area contributed by atoms with E-state index in [0.717, 1.165) is 121 Å². The van der Waals surface area contributed by atoms with Crippen LogP contribution in [0.3, 0.4) is 0 Å².